The number of methoxy groups -OCH3 is 1. The van der Waals surface area contributed by atoms with Crippen LogP contribution in [0.4, 0.5) is 5.82 Å². The first-order chi connectivity index (χ1) is 8.28. The van der Waals surface area contributed by atoms with Gasteiger partial charge in [-0.3, -0.25) is 0 Å². The number of rotatable bonds is 4. The minimum Gasteiger partial charge on any atom is -0.384 e. The highest BCUT2D eigenvalue weighted by molar-refractivity contribution is 7.99. The highest BCUT2D eigenvalue weighted by Crippen LogP contribution is 2.24. The Hall–Kier alpha value is -1.66. The zero-order valence-electron chi connectivity index (χ0n) is 9.33. The third kappa shape index (κ3) is 3.40. The number of anilines is 1. The molecule has 0 amide bonds. The molecule has 2 heterocycles. The van der Waals surface area contributed by atoms with Gasteiger partial charge in [0, 0.05) is 19.4 Å². The topological polar surface area (TPSA) is 73.9 Å². The van der Waals surface area contributed by atoms with Crippen molar-refractivity contribution < 1.29 is 4.74 Å². The molecule has 17 heavy (non-hydrogen) atoms. The Morgan fingerprint density at radius 3 is 2.88 bits per heavy atom. The van der Waals surface area contributed by atoms with Crippen LogP contribution in [-0.2, 0) is 11.3 Å². The van der Waals surface area contributed by atoms with E-state index in [1.54, 1.807) is 19.4 Å². The van der Waals surface area contributed by atoms with Gasteiger partial charge in [0.2, 0.25) is 0 Å². The number of nitrogens with two attached hydrogens (primary N) is 1. The zero-order valence-corrected chi connectivity index (χ0v) is 10.1. The molecule has 2 rings (SSSR count). The number of nitrogen functional groups attached to an aromatic ring is 1. The third-order valence-corrected chi connectivity index (χ3v) is 2.76. The quantitative estimate of drug-likeness (QED) is 0.831. The second-order valence-corrected chi connectivity index (χ2v) is 4.29. The van der Waals surface area contributed by atoms with Crippen LogP contribution in [0.25, 0.3) is 0 Å². The fourth-order valence-electron chi connectivity index (χ4n) is 1.25. The van der Waals surface area contributed by atoms with Gasteiger partial charge in [0.15, 0.2) is 5.82 Å². The van der Waals surface area contributed by atoms with E-state index in [1.807, 2.05) is 18.2 Å². The highest BCUT2D eigenvalue weighted by atomic mass is 32.2. The highest BCUT2D eigenvalue weighted by Gasteiger charge is 2.05. The Labute approximate surface area is 103 Å². The van der Waals surface area contributed by atoms with Crippen molar-refractivity contribution in [3.63, 3.8) is 0 Å². The van der Waals surface area contributed by atoms with Gasteiger partial charge in [0.25, 0.3) is 0 Å². The predicted molar refractivity (Wildman–Crippen MR) is 65.5 cm³/mol. The molecule has 0 saturated carbocycles. The fraction of sp³-hybridized carbons (Fsp3) is 0.182. The lowest BCUT2D eigenvalue weighted by Gasteiger charge is -2.04. The molecule has 0 bridgehead atoms. The van der Waals surface area contributed by atoms with E-state index in [-0.39, 0.29) is 0 Å². The first-order valence-corrected chi connectivity index (χ1v) is 5.81. The molecule has 0 saturated heterocycles. The predicted octanol–water partition coefficient (Wildman–Crippen LogP) is 1.75. The van der Waals surface area contributed by atoms with Crippen LogP contribution in [0, 0.1) is 0 Å². The fourth-order valence-corrected chi connectivity index (χ4v) is 2.06. The maximum atomic E-state index is 5.70. The van der Waals surface area contributed by atoms with Crippen molar-refractivity contribution in [1.29, 1.82) is 0 Å². The SMILES string of the molecule is COCc1nc(N)cc(Sc2ccccn2)n1. The van der Waals surface area contributed by atoms with Crippen molar-refractivity contribution in [2.45, 2.75) is 16.7 Å². The van der Waals surface area contributed by atoms with E-state index in [0.717, 1.165) is 10.1 Å². The van der Waals surface area contributed by atoms with E-state index in [9.17, 15) is 0 Å². The molecule has 0 aliphatic carbocycles. The molecule has 0 aliphatic heterocycles. The normalized spacial score (nSPS) is 10.4. The van der Waals surface area contributed by atoms with Gasteiger partial charge in [-0.25, -0.2) is 15.0 Å². The molecule has 0 radical (unpaired) electrons. The van der Waals surface area contributed by atoms with Crippen LogP contribution in [0.5, 0.6) is 0 Å². The molecular weight excluding hydrogens is 236 g/mol. The van der Waals surface area contributed by atoms with Gasteiger partial charge in [-0.2, -0.15) is 0 Å². The van der Waals surface area contributed by atoms with Crippen LogP contribution in [-0.4, -0.2) is 22.1 Å². The summed E-state index contributed by atoms with van der Waals surface area (Å²) in [5, 5.41) is 1.64. The molecule has 0 unspecified atom stereocenters. The van der Waals surface area contributed by atoms with E-state index < -0.39 is 0 Å². The van der Waals surface area contributed by atoms with Gasteiger partial charge in [-0.15, -0.1) is 0 Å². The van der Waals surface area contributed by atoms with Gasteiger partial charge in [-0.1, -0.05) is 6.07 Å². The van der Waals surface area contributed by atoms with Crippen LogP contribution in [0.3, 0.4) is 0 Å². The minimum atomic E-state index is 0.348. The lowest BCUT2D eigenvalue weighted by molar-refractivity contribution is 0.177. The van der Waals surface area contributed by atoms with E-state index in [2.05, 4.69) is 15.0 Å². The standard InChI is InChI=1S/C11H12N4OS/c1-16-7-9-14-8(12)6-11(15-9)17-10-4-2-3-5-13-10/h2-6H,7H2,1H3,(H2,12,14,15). The molecule has 2 aromatic rings. The second-order valence-electron chi connectivity index (χ2n) is 3.25. The number of hydrogen-bond donors (Lipinski definition) is 1. The smallest absolute Gasteiger partial charge is 0.157 e. The molecule has 88 valence electrons. The summed E-state index contributed by atoms with van der Waals surface area (Å²) in [5.74, 6) is 1.01. The Balaban J connectivity index is 2.21. The summed E-state index contributed by atoms with van der Waals surface area (Å²) >= 11 is 1.44. The molecular formula is C11H12N4OS. The van der Waals surface area contributed by atoms with E-state index >= 15 is 0 Å². The maximum absolute atomic E-state index is 5.70. The molecule has 0 aromatic carbocycles. The first-order valence-electron chi connectivity index (χ1n) is 4.99. The average molecular weight is 248 g/mol. The Bertz CT molecular complexity index is 492. The molecule has 0 atom stereocenters. The molecule has 5 nitrogen and oxygen atoms in total. The van der Waals surface area contributed by atoms with Crippen LogP contribution >= 0.6 is 11.8 Å². The van der Waals surface area contributed by atoms with Crippen molar-refractivity contribution in [3.05, 3.63) is 36.3 Å². The van der Waals surface area contributed by atoms with E-state index in [4.69, 9.17) is 10.5 Å². The van der Waals surface area contributed by atoms with Gasteiger partial charge in [0.05, 0.1) is 0 Å². The molecule has 0 fully saturated rings. The van der Waals surface area contributed by atoms with Crippen LogP contribution in [0.15, 0.2) is 40.5 Å². The van der Waals surface area contributed by atoms with Crippen molar-refractivity contribution in [1.82, 2.24) is 15.0 Å². The van der Waals surface area contributed by atoms with Crippen molar-refractivity contribution >= 4 is 17.6 Å². The van der Waals surface area contributed by atoms with Crippen LogP contribution in [0.2, 0.25) is 0 Å². The maximum Gasteiger partial charge on any atom is 0.157 e. The van der Waals surface area contributed by atoms with Gasteiger partial charge in [-0.05, 0) is 23.9 Å². The summed E-state index contributed by atoms with van der Waals surface area (Å²) < 4.78 is 4.98. The Morgan fingerprint density at radius 2 is 2.18 bits per heavy atom. The summed E-state index contributed by atoms with van der Waals surface area (Å²) in [4.78, 5) is 12.6. The first kappa shape index (κ1) is 11.8. The molecule has 6 heteroatoms. The lowest BCUT2D eigenvalue weighted by Crippen LogP contribution is -2.01. The van der Waals surface area contributed by atoms with Crippen molar-refractivity contribution in [2.24, 2.45) is 0 Å². The second kappa shape index (κ2) is 5.60. The molecule has 0 aliphatic rings. The van der Waals surface area contributed by atoms with E-state index in [1.165, 1.54) is 11.8 Å². The number of aromatic nitrogens is 3. The zero-order chi connectivity index (χ0) is 12.1. The third-order valence-electron chi connectivity index (χ3n) is 1.89. The summed E-state index contributed by atoms with van der Waals surface area (Å²) in [6, 6.07) is 7.43. The van der Waals surface area contributed by atoms with Crippen LogP contribution < -0.4 is 5.73 Å². The average Bonchev–Trinajstić information content (AvgIpc) is 2.30. The summed E-state index contributed by atoms with van der Waals surface area (Å²) in [7, 11) is 1.60. The van der Waals surface area contributed by atoms with Gasteiger partial charge >= 0.3 is 0 Å². The Kier molecular flexibility index (Phi) is 3.89. The van der Waals surface area contributed by atoms with Gasteiger partial charge in [0.1, 0.15) is 22.5 Å². The monoisotopic (exact) mass is 248 g/mol. The molecule has 2 N–H and O–H groups in total. The summed E-state index contributed by atoms with van der Waals surface area (Å²) in [6.07, 6.45) is 1.74. The molecule has 0 spiro atoms. The van der Waals surface area contributed by atoms with Gasteiger partial charge < -0.3 is 10.5 Å². The van der Waals surface area contributed by atoms with Crippen molar-refractivity contribution in [3.8, 4) is 0 Å². The van der Waals surface area contributed by atoms with Crippen LogP contribution in [0.1, 0.15) is 5.82 Å². The minimum absolute atomic E-state index is 0.348. The summed E-state index contributed by atoms with van der Waals surface area (Å²) in [5.41, 5.74) is 5.70. The van der Waals surface area contributed by atoms with E-state index in [0.29, 0.717) is 18.2 Å². The largest absolute Gasteiger partial charge is 0.384 e. The summed E-state index contributed by atoms with van der Waals surface area (Å²) in [6.45, 7) is 0.348. The Morgan fingerprint density at radius 1 is 1.29 bits per heavy atom. The number of hydrogen-bond acceptors (Lipinski definition) is 6. The number of nitrogens with zero attached hydrogens (tertiary/aromatic N) is 3. The lowest BCUT2D eigenvalue weighted by atomic mass is 10.5. The number of pyridine rings is 1. The number of ether oxygens (including phenoxy) is 1. The van der Waals surface area contributed by atoms with Crippen molar-refractivity contribution in [2.75, 3.05) is 12.8 Å². The molecule has 2 aromatic heterocycles.